The van der Waals surface area contributed by atoms with Crippen LogP contribution in [0.4, 0.5) is 0 Å². The van der Waals surface area contributed by atoms with Crippen molar-refractivity contribution in [3.05, 3.63) is 120 Å². The van der Waals surface area contributed by atoms with Crippen LogP contribution >= 0.6 is 0 Å². The van der Waals surface area contributed by atoms with Crippen LogP contribution in [0.3, 0.4) is 0 Å². The Morgan fingerprint density at radius 1 is 0.884 bits per heavy atom. The summed E-state index contributed by atoms with van der Waals surface area (Å²) in [6.45, 7) is 0.419. The number of carbonyl (C=O) groups excluding carboxylic acids is 1. The van der Waals surface area contributed by atoms with Gasteiger partial charge >= 0.3 is 0 Å². The van der Waals surface area contributed by atoms with Crippen molar-refractivity contribution in [3.63, 3.8) is 0 Å². The van der Waals surface area contributed by atoms with Crippen molar-refractivity contribution in [2.75, 3.05) is 26.0 Å². The first-order valence-corrected chi connectivity index (χ1v) is 15.8. The van der Waals surface area contributed by atoms with Crippen LogP contribution in [0, 0.1) is 0 Å². The van der Waals surface area contributed by atoms with Crippen LogP contribution in [0.5, 0.6) is 5.75 Å². The Balaban J connectivity index is 1.52. The van der Waals surface area contributed by atoms with Gasteiger partial charge in [-0.15, -0.1) is 0 Å². The summed E-state index contributed by atoms with van der Waals surface area (Å²) in [7, 11) is -2.20. The van der Waals surface area contributed by atoms with Gasteiger partial charge in [0.2, 0.25) is 5.90 Å². The first-order chi connectivity index (χ1) is 20.9. The van der Waals surface area contributed by atoms with Gasteiger partial charge in [-0.25, -0.2) is 13.4 Å². The molecule has 4 aromatic carbocycles. The summed E-state index contributed by atoms with van der Waals surface area (Å²) in [5.41, 5.74) is 1.82. The van der Waals surface area contributed by atoms with E-state index in [1.165, 1.54) is 7.05 Å². The molecule has 2 atom stereocenters. The molecule has 0 unspecified atom stereocenters. The number of sulfone groups is 1. The number of benzene rings is 4. The second-order valence-electron chi connectivity index (χ2n) is 10.2. The van der Waals surface area contributed by atoms with Crippen LogP contribution in [0.15, 0.2) is 119 Å². The summed E-state index contributed by atoms with van der Waals surface area (Å²) in [4.78, 5) is 18.7. The van der Waals surface area contributed by atoms with E-state index in [4.69, 9.17) is 19.6 Å². The Morgan fingerprint density at radius 2 is 1.49 bits per heavy atom. The maximum atomic E-state index is 13.7. The number of likely N-dealkylation sites (N-methyl/N-ethyl adjacent to an activating group) is 1. The molecule has 0 bridgehead atoms. The van der Waals surface area contributed by atoms with Crippen LogP contribution in [0.2, 0.25) is 0 Å². The molecule has 1 heterocycles. The molecule has 1 aliphatic heterocycles. The zero-order chi connectivity index (χ0) is 30.3. The third kappa shape index (κ3) is 6.63. The van der Waals surface area contributed by atoms with E-state index in [1.54, 1.807) is 54.6 Å². The molecule has 1 aliphatic rings. The topological polar surface area (TPSA) is 114 Å². The molecule has 222 valence electrons. The number of ether oxygens (including phenoxy) is 2. The Bertz CT molecular complexity index is 1660. The summed E-state index contributed by atoms with van der Waals surface area (Å²) < 4.78 is 38.8. The van der Waals surface area contributed by atoms with Crippen LogP contribution in [-0.2, 0) is 19.4 Å². The number of aliphatic hydroxyl groups is 1. The Morgan fingerprint density at radius 3 is 2.12 bits per heavy atom. The third-order valence-electron chi connectivity index (χ3n) is 7.43. The molecule has 1 amide bonds. The van der Waals surface area contributed by atoms with Gasteiger partial charge in [0.25, 0.3) is 5.91 Å². The smallest absolute Gasteiger partial charge is 0.252 e. The fourth-order valence-electron chi connectivity index (χ4n) is 5.10. The van der Waals surface area contributed by atoms with E-state index >= 15 is 0 Å². The molecule has 0 saturated heterocycles. The van der Waals surface area contributed by atoms with Crippen LogP contribution in [0.25, 0.3) is 11.1 Å². The maximum Gasteiger partial charge on any atom is 0.252 e. The number of amides is 1. The van der Waals surface area contributed by atoms with E-state index in [9.17, 15) is 13.2 Å². The highest BCUT2D eigenvalue weighted by molar-refractivity contribution is 7.91. The van der Waals surface area contributed by atoms with Crippen molar-refractivity contribution >= 4 is 21.6 Å². The lowest BCUT2D eigenvalue weighted by molar-refractivity contribution is -0.128. The van der Waals surface area contributed by atoms with Crippen molar-refractivity contribution in [1.82, 2.24) is 5.32 Å². The molecule has 2 N–H and O–H groups in total. The molecule has 0 radical (unpaired) electrons. The standard InChI is InChI=1S/C34H34N2O6S/c1-35-33(38)34(21-24-43(39,40)30-11-6-3-7-12-30)31(27-15-13-26(14-16-27)25-9-4-2-5-10-25)42-32(36-34)28-17-19-29(20-18-28)41-23-8-22-37/h2-7,9-20,31,37H,8,21-24H2,1H3,(H,35,38)/t31-,34-/m1/s1. The average molecular weight is 599 g/mol. The largest absolute Gasteiger partial charge is 0.494 e. The van der Waals surface area contributed by atoms with E-state index in [-0.39, 0.29) is 29.6 Å². The summed E-state index contributed by atoms with van der Waals surface area (Å²) in [6.07, 6.45) is -0.456. The summed E-state index contributed by atoms with van der Waals surface area (Å²) in [5, 5.41) is 11.7. The molecule has 0 spiro atoms. The third-order valence-corrected chi connectivity index (χ3v) is 9.16. The fraction of sp³-hybridized carbons (Fsp3) is 0.235. The minimum absolute atomic E-state index is 0.0397. The number of aliphatic hydroxyl groups excluding tert-OH is 1. The number of carbonyl (C=O) groups is 1. The van der Waals surface area contributed by atoms with Crippen molar-refractivity contribution < 1.29 is 27.8 Å². The molecule has 0 aromatic heterocycles. The maximum absolute atomic E-state index is 13.7. The molecule has 43 heavy (non-hydrogen) atoms. The molecular weight excluding hydrogens is 564 g/mol. The second-order valence-corrected chi connectivity index (χ2v) is 12.3. The van der Waals surface area contributed by atoms with Crippen LogP contribution < -0.4 is 10.1 Å². The lowest BCUT2D eigenvalue weighted by Gasteiger charge is -2.30. The lowest BCUT2D eigenvalue weighted by Crippen LogP contribution is -2.48. The molecule has 4 aromatic rings. The minimum atomic E-state index is -3.71. The fourth-order valence-corrected chi connectivity index (χ4v) is 6.49. The highest BCUT2D eigenvalue weighted by Crippen LogP contribution is 2.43. The van der Waals surface area contributed by atoms with Crippen molar-refractivity contribution in [1.29, 1.82) is 0 Å². The average Bonchev–Trinajstić information content (AvgIpc) is 3.46. The van der Waals surface area contributed by atoms with Gasteiger partial charge in [-0.1, -0.05) is 72.8 Å². The van der Waals surface area contributed by atoms with Gasteiger partial charge in [0.15, 0.2) is 21.5 Å². The Kier molecular flexibility index (Phi) is 9.23. The van der Waals surface area contributed by atoms with Crippen molar-refractivity contribution in [3.8, 4) is 16.9 Å². The van der Waals surface area contributed by atoms with Crippen molar-refractivity contribution in [2.24, 2.45) is 4.99 Å². The van der Waals surface area contributed by atoms with Gasteiger partial charge in [0.05, 0.1) is 17.3 Å². The van der Waals surface area contributed by atoms with Crippen LogP contribution in [0.1, 0.15) is 30.1 Å². The second kappa shape index (κ2) is 13.2. The number of rotatable bonds is 12. The zero-order valence-electron chi connectivity index (χ0n) is 23.8. The predicted octanol–water partition coefficient (Wildman–Crippen LogP) is 4.98. The predicted molar refractivity (Wildman–Crippen MR) is 166 cm³/mol. The summed E-state index contributed by atoms with van der Waals surface area (Å²) in [5.74, 6) is 0.114. The van der Waals surface area contributed by atoms with E-state index in [0.717, 1.165) is 11.1 Å². The van der Waals surface area contributed by atoms with Gasteiger partial charge in [-0.3, -0.25) is 4.79 Å². The highest BCUT2D eigenvalue weighted by Gasteiger charge is 2.53. The number of aliphatic imine (C=N–C) groups is 1. The van der Waals surface area contributed by atoms with Crippen LogP contribution in [-0.4, -0.2) is 56.9 Å². The number of nitrogens with zero attached hydrogens (tertiary/aromatic N) is 1. The highest BCUT2D eigenvalue weighted by atomic mass is 32.2. The van der Waals surface area contributed by atoms with E-state index in [2.05, 4.69) is 5.32 Å². The van der Waals surface area contributed by atoms with Gasteiger partial charge in [0.1, 0.15) is 5.75 Å². The minimum Gasteiger partial charge on any atom is -0.494 e. The lowest BCUT2D eigenvalue weighted by atomic mass is 9.84. The number of nitrogens with one attached hydrogen (secondary N) is 1. The van der Waals surface area contributed by atoms with Gasteiger partial charge < -0.3 is 19.9 Å². The van der Waals surface area contributed by atoms with Crippen molar-refractivity contribution in [2.45, 2.75) is 29.4 Å². The molecule has 9 heteroatoms. The molecule has 5 rings (SSSR count). The van der Waals surface area contributed by atoms with E-state index in [1.807, 2.05) is 54.6 Å². The van der Waals surface area contributed by atoms with Gasteiger partial charge in [-0.2, -0.15) is 0 Å². The SMILES string of the molecule is CNC(=O)[C@]1(CCS(=O)(=O)c2ccccc2)N=C(c2ccc(OCCCO)cc2)O[C@@H]1c1ccc(-c2ccccc2)cc1. The first-order valence-electron chi connectivity index (χ1n) is 14.1. The van der Waals surface area contributed by atoms with Gasteiger partial charge in [0, 0.05) is 32.1 Å². The quantitative estimate of drug-likeness (QED) is 0.222. The monoisotopic (exact) mass is 598 g/mol. The number of hydrogen-bond acceptors (Lipinski definition) is 7. The van der Waals surface area contributed by atoms with Gasteiger partial charge in [-0.05, 0) is 53.1 Å². The normalized spacial score (nSPS) is 18.0. The number of hydrogen-bond donors (Lipinski definition) is 2. The van der Waals surface area contributed by atoms with E-state index in [0.29, 0.717) is 29.9 Å². The Labute approximate surface area is 251 Å². The Hall–Kier alpha value is -4.47. The zero-order valence-corrected chi connectivity index (χ0v) is 24.7. The molecule has 0 saturated carbocycles. The summed E-state index contributed by atoms with van der Waals surface area (Å²) in [6, 6.07) is 32.9. The first kappa shape index (κ1) is 30.0. The van der Waals surface area contributed by atoms with E-state index < -0.39 is 27.4 Å². The summed E-state index contributed by atoms with van der Waals surface area (Å²) >= 11 is 0. The molecule has 0 fully saturated rings. The molecule has 8 nitrogen and oxygen atoms in total. The molecular formula is C34H34N2O6S. The molecule has 0 aliphatic carbocycles.